The minimum atomic E-state index is 0.723. The summed E-state index contributed by atoms with van der Waals surface area (Å²) in [5.74, 6) is 1.46. The second-order valence-corrected chi connectivity index (χ2v) is 5.28. The van der Waals surface area contributed by atoms with Crippen LogP contribution < -0.4 is 5.32 Å². The van der Waals surface area contributed by atoms with Crippen LogP contribution >= 0.6 is 0 Å². The van der Waals surface area contributed by atoms with E-state index in [9.17, 15) is 0 Å². The zero-order chi connectivity index (χ0) is 13.4. The molecular weight excluding hydrogens is 220 g/mol. The van der Waals surface area contributed by atoms with Crippen molar-refractivity contribution in [2.75, 3.05) is 7.05 Å². The van der Waals surface area contributed by atoms with Gasteiger partial charge in [-0.05, 0) is 42.7 Å². The van der Waals surface area contributed by atoms with Crippen LogP contribution in [-0.2, 0) is 0 Å². The second-order valence-electron chi connectivity index (χ2n) is 5.28. The highest BCUT2D eigenvalue weighted by Crippen LogP contribution is 2.26. The maximum Gasteiger partial charge on any atom is 0.0277 e. The summed E-state index contributed by atoms with van der Waals surface area (Å²) in [6.07, 6.45) is 13.7. The van der Waals surface area contributed by atoms with E-state index in [1.165, 1.54) is 11.3 Å². The first-order chi connectivity index (χ1) is 8.65. The van der Waals surface area contributed by atoms with Crippen LogP contribution in [0.4, 0.5) is 0 Å². The molecule has 0 radical (unpaired) electrons. The Morgan fingerprint density at radius 1 is 1.39 bits per heavy atom. The van der Waals surface area contributed by atoms with E-state index >= 15 is 0 Å². The number of rotatable bonds is 6. The van der Waals surface area contributed by atoms with Crippen LogP contribution in [0.5, 0.6) is 0 Å². The fourth-order valence-electron chi connectivity index (χ4n) is 1.93. The van der Waals surface area contributed by atoms with E-state index in [0.29, 0.717) is 0 Å². The monoisotopic (exact) mass is 246 g/mol. The van der Waals surface area contributed by atoms with Crippen LogP contribution in [0, 0.1) is 11.8 Å². The lowest BCUT2D eigenvalue weighted by Crippen LogP contribution is -2.13. The minimum absolute atomic E-state index is 0.723. The number of nitrogens with zero attached hydrogens (tertiary/aromatic N) is 1. The first kappa shape index (κ1) is 14.7. The molecule has 0 aromatic carbocycles. The molecular formula is C16H26N2. The molecule has 1 aliphatic rings. The van der Waals surface area contributed by atoms with Crippen molar-refractivity contribution in [2.24, 2.45) is 16.8 Å². The molecule has 0 saturated carbocycles. The zero-order valence-corrected chi connectivity index (χ0v) is 12.1. The van der Waals surface area contributed by atoms with Crippen molar-refractivity contribution in [1.29, 1.82) is 0 Å². The summed E-state index contributed by atoms with van der Waals surface area (Å²) in [6, 6.07) is 0. The van der Waals surface area contributed by atoms with Crippen LogP contribution in [0.2, 0.25) is 0 Å². The Morgan fingerprint density at radius 3 is 2.83 bits per heavy atom. The van der Waals surface area contributed by atoms with E-state index < -0.39 is 0 Å². The lowest BCUT2D eigenvalue weighted by Gasteiger charge is -2.21. The molecule has 1 atom stereocenters. The van der Waals surface area contributed by atoms with Crippen LogP contribution in [0.25, 0.3) is 0 Å². The third-order valence-corrected chi connectivity index (χ3v) is 3.54. The summed E-state index contributed by atoms with van der Waals surface area (Å²) in [4.78, 5) is 3.93. The quantitative estimate of drug-likeness (QED) is 0.702. The van der Waals surface area contributed by atoms with E-state index in [1.807, 2.05) is 12.3 Å². The molecule has 100 valence electrons. The van der Waals surface area contributed by atoms with Crippen LogP contribution in [-0.4, -0.2) is 13.3 Å². The van der Waals surface area contributed by atoms with Gasteiger partial charge in [0, 0.05) is 25.2 Å². The summed E-state index contributed by atoms with van der Waals surface area (Å²) in [6.45, 7) is 6.92. The third kappa shape index (κ3) is 4.91. The van der Waals surface area contributed by atoms with Gasteiger partial charge >= 0.3 is 0 Å². The van der Waals surface area contributed by atoms with Gasteiger partial charge in [-0.3, -0.25) is 4.99 Å². The molecule has 2 heteroatoms. The first-order valence-electron chi connectivity index (χ1n) is 6.87. The normalized spacial score (nSPS) is 18.3. The van der Waals surface area contributed by atoms with Gasteiger partial charge < -0.3 is 5.32 Å². The fraction of sp³-hybridized carbons (Fsp3) is 0.562. The standard InChI is InChI=1S/C16H26N2/c1-13(2)14(3)12-15-8-5-6-9-16(15)18-11-7-10-17-4/h5,7-8,10-11,13-14,18H,6,9,12H2,1-4H3/b11-7-,17-10?/t14-/m0/s1. The molecule has 0 aromatic heterocycles. The van der Waals surface area contributed by atoms with E-state index in [1.54, 1.807) is 13.3 Å². The number of allylic oxidation sites excluding steroid dienone is 5. The summed E-state index contributed by atoms with van der Waals surface area (Å²) in [7, 11) is 1.78. The van der Waals surface area contributed by atoms with E-state index in [2.05, 4.69) is 43.2 Å². The van der Waals surface area contributed by atoms with Gasteiger partial charge in [0.2, 0.25) is 0 Å². The lowest BCUT2D eigenvalue weighted by molar-refractivity contribution is 0.416. The highest BCUT2D eigenvalue weighted by atomic mass is 14.9. The van der Waals surface area contributed by atoms with Gasteiger partial charge in [0.05, 0.1) is 0 Å². The molecule has 0 aromatic rings. The van der Waals surface area contributed by atoms with Gasteiger partial charge in [-0.15, -0.1) is 0 Å². The molecule has 18 heavy (non-hydrogen) atoms. The average Bonchev–Trinajstić information content (AvgIpc) is 2.36. The van der Waals surface area contributed by atoms with Gasteiger partial charge in [-0.2, -0.15) is 0 Å². The molecule has 1 N–H and O–H groups in total. The molecule has 0 unspecified atom stereocenters. The van der Waals surface area contributed by atoms with Crippen molar-refractivity contribution in [3.8, 4) is 0 Å². The predicted molar refractivity (Wildman–Crippen MR) is 80.7 cm³/mol. The SMILES string of the molecule is CN=C/C=C\NC1=C(C[C@H](C)C(C)C)C=CCC1. The molecule has 0 fully saturated rings. The second kappa shape index (κ2) is 7.91. The molecule has 0 bridgehead atoms. The average molecular weight is 246 g/mol. The number of aliphatic imine (C=N–C) groups is 1. The third-order valence-electron chi connectivity index (χ3n) is 3.54. The Hall–Kier alpha value is -1.31. The van der Waals surface area contributed by atoms with Crippen LogP contribution in [0.15, 0.2) is 40.7 Å². The Labute approximate surface area is 112 Å². The molecule has 0 aliphatic heterocycles. The summed E-state index contributed by atoms with van der Waals surface area (Å²) in [5.41, 5.74) is 2.83. The van der Waals surface area contributed by atoms with Crippen molar-refractivity contribution in [1.82, 2.24) is 5.32 Å². The molecule has 1 rings (SSSR count). The zero-order valence-electron chi connectivity index (χ0n) is 12.1. The van der Waals surface area contributed by atoms with Crippen LogP contribution in [0.3, 0.4) is 0 Å². The smallest absolute Gasteiger partial charge is 0.0277 e. The van der Waals surface area contributed by atoms with Crippen molar-refractivity contribution in [2.45, 2.75) is 40.0 Å². The van der Waals surface area contributed by atoms with Crippen molar-refractivity contribution >= 4 is 6.21 Å². The largest absolute Gasteiger partial charge is 0.365 e. The van der Waals surface area contributed by atoms with Gasteiger partial charge in [-0.25, -0.2) is 0 Å². The number of hydrogen-bond acceptors (Lipinski definition) is 2. The Bertz CT molecular complexity index is 359. The van der Waals surface area contributed by atoms with Gasteiger partial charge in [0.25, 0.3) is 0 Å². The summed E-state index contributed by atoms with van der Waals surface area (Å²) < 4.78 is 0. The van der Waals surface area contributed by atoms with Gasteiger partial charge in [0.15, 0.2) is 0 Å². The van der Waals surface area contributed by atoms with E-state index in [-0.39, 0.29) is 0 Å². The molecule has 0 heterocycles. The van der Waals surface area contributed by atoms with E-state index in [4.69, 9.17) is 0 Å². The molecule has 0 spiro atoms. The highest BCUT2D eigenvalue weighted by Gasteiger charge is 2.13. The number of hydrogen-bond donors (Lipinski definition) is 1. The number of nitrogens with one attached hydrogen (secondary N) is 1. The first-order valence-corrected chi connectivity index (χ1v) is 6.87. The maximum atomic E-state index is 3.93. The van der Waals surface area contributed by atoms with Crippen molar-refractivity contribution in [3.05, 3.63) is 35.7 Å². The van der Waals surface area contributed by atoms with Gasteiger partial charge in [-0.1, -0.05) is 32.9 Å². The predicted octanol–water partition coefficient (Wildman–Crippen LogP) is 4.08. The summed E-state index contributed by atoms with van der Waals surface area (Å²) >= 11 is 0. The summed E-state index contributed by atoms with van der Waals surface area (Å²) in [5, 5.41) is 3.41. The lowest BCUT2D eigenvalue weighted by atomic mass is 9.88. The molecule has 2 nitrogen and oxygen atoms in total. The maximum absolute atomic E-state index is 3.93. The van der Waals surface area contributed by atoms with Crippen LogP contribution in [0.1, 0.15) is 40.0 Å². The Balaban J connectivity index is 2.68. The molecule has 0 saturated heterocycles. The topological polar surface area (TPSA) is 24.4 Å². The Morgan fingerprint density at radius 2 is 2.17 bits per heavy atom. The van der Waals surface area contributed by atoms with E-state index in [0.717, 1.165) is 31.1 Å². The minimum Gasteiger partial charge on any atom is -0.365 e. The fourth-order valence-corrected chi connectivity index (χ4v) is 1.93. The molecule has 1 aliphatic carbocycles. The van der Waals surface area contributed by atoms with Crippen molar-refractivity contribution < 1.29 is 0 Å². The Kier molecular flexibility index (Phi) is 6.48. The highest BCUT2D eigenvalue weighted by molar-refractivity contribution is 5.70. The van der Waals surface area contributed by atoms with Gasteiger partial charge in [0.1, 0.15) is 0 Å². The molecule has 0 amide bonds. The van der Waals surface area contributed by atoms with Crippen molar-refractivity contribution in [3.63, 3.8) is 0 Å².